The minimum Gasteiger partial charge on any atom is -0.344 e. The molecule has 62 heavy (non-hydrogen) atoms. The summed E-state index contributed by atoms with van der Waals surface area (Å²) in [6.45, 7) is 0. The lowest BCUT2D eigenvalue weighted by molar-refractivity contribution is 0.458. The van der Waals surface area contributed by atoms with Crippen LogP contribution in [0.3, 0.4) is 0 Å². The highest BCUT2D eigenvalue weighted by Gasteiger charge is 2.49. The number of fused-ring (bicyclic) bond motifs is 6. The van der Waals surface area contributed by atoms with Gasteiger partial charge in [-0.05, 0) is 87.2 Å². The third kappa shape index (κ3) is 5.75. The molecule has 9 aromatic rings. The summed E-state index contributed by atoms with van der Waals surface area (Å²) in [6, 6.07) is 72.4. The van der Waals surface area contributed by atoms with Crippen molar-refractivity contribution in [1.29, 1.82) is 0 Å². The van der Waals surface area contributed by atoms with Gasteiger partial charge in [0.2, 0.25) is 0 Å². The summed E-state index contributed by atoms with van der Waals surface area (Å²) in [4.78, 5) is 10.5. The molecule has 3 atom stereocenters. The molecule has 294 valence electrons. The summed E-state index contributed by atoms with van der Waals surface area (Å²) in [5, 5.41) is 6.13. The minimum absolute atomic E-state index is 0.244. The molecule has 2 aliphatic carbocycles. The van der Waals surface area contributed by atoms with Crippen LogP contribution < -0.4 is 5.32 Å². The van der Waals surface area contributed by atoms with E-state index >= 15 is 0 Å². The zero-order chi connectivity index (χ0) is 41.0. The summed E-state index contributed by atoms with van der Waals surface area (Å²) in [5.74, 6) is 1.73. The summed E-state index contributed by atoms with van der Waals surface area (Å²) < 4.78 is 2.45. The van der Waals surface area contributed by atoms with Gasteiger partial charge in [0, 0.05) is 27.6 Å². The van der Waals surface area contributed by atoms with Crippen LogP contribution in [0.5, 0.6) is 0 Å². The maximum absolute atomic E-state index is 5.28. The maximum Gasteiger partial charge on any atom is 0.159 e. The summed E-state index contributed by atoms with van der Waals surface area (Å²) in [6.07, 6.45) is 9.84. The van der Waals surface area contributed by atoms with Gasteiger partial charge < -0.3 is 9.88 Å². The number of nitrogens with zero attached hydrogens (tertiary/aromatic N) is 3. The highest BCUT2D eigenvalue weighted by Crippen LogP contribution is 2.59. The van der Waals surface area contributed by atoms with Gasteiger partial charge in [-0.2, -0.15) is 0 Å². The molecule has 0 fully saturated rings. The second-order valence-electron chi connectivity index (χ2n) is 16.5. The molecule has 1 N–H and O–H groups in total. The number of para-hydroxylation sites is 1. The van der Waals surface area contributed by atoms with Crippen LogP contribution in [0.25, 0.3) is 49.7 Å². The molecule has 4 nitrogen and oxygen atoms in total. The van der Waals surface area contributed by atoms with Crippen molar-refractivity contribution in [2.45, 2.75) is 18.0 Å². The Morgan fingerprint density at radius 2 is 1.21 bits per heavy atom. The minimum atomic E-state index is -0.369. The van der Waals surface area contributed by atoms with E-state index in [9.17, 15) is 0 Å². The molecule has 3 unspecified atom stereocenters. The van der Waals surface area contributed by atoms with E-state index < -0.39 is 0 Å². The van der Waals surface area contributed by atoms with Crippen LogP contribution in [0.15, 0.2) is 234 Å². The SMILES string of the molecule is C1=CCC(C2(c3ccccc3)c3ccccc3-c3cc4c5ccccc5n(-c5cccc(C6=NC(c7ccccc7)NC(c7ccc(-c8ccccc8)cc7)=N6)c5)c4cc32)C=C1. The summed E-state index contributed by atoms with van der Waals surface area (Å²) in [5.41, 5.74) is 15.1. The van der Waals surface area contributed by atoms with Crippen LogP contribution in [-0.4, -0.2) is 16.2 Å². The molecule has 0 bridgehead atoms. The summed E-state index contributed by atoms with van der Waals surface area (Å²) >= 11 is 0. The van der Waals surface area contributed by atoms with Gasteiger partial charge in [-0.1, -0.05) is 194 Å². The first-order valence-electron chi connectivity index (χ1n) is 21.5. The Kier molecular flexibility index (Phi) is 8.56. The van der Waals surface area contributed by atoms with Crippen molar-refractivity contribution in [3.8, 4) is 27.9 Å². The average molecular weight is 795 g/mol. The van der Waals surface area contributed by atoms with Crippen molar-refractivity contribution in [1.82, 2.24) is 9.88 Å². The third-order valence-electron chi connectivity index (χ3n) is 13.1. The number of amidine groups is 2. The third-order valence-corrected chi connectivity index (χ3v) is 13.1. The Morgan fingerprint density at radius 1 is 0.516 bits per heavy atom. The fourth-order valence-corrected chi connectivity index (χ4v) is 10.3. The molecule has 3 aliphatic rings. The number of aliphatic imine (C=N–C) groups is 2. The second-order valence-corrected chi connectivity index (χ2v) is 16.5. The van der Waals surface area contributed by atoms with Crippen molar-refractivity contribution in [2.24, 2.45) is 15.9 Å². The molecule has 0 spiro atoms. The molecule has 0 saturated carbocycles. The van der Waals surface area contributed by atoms with Gasteiger partial charge in [-0.15, -0.1) is 0 Å². The lowest BCUT2D eigenvalue weighted by atomic mass is 9.62. The maximum atomic E-state index is 5.28. The van der Waals surface area contributed by atoms with Gasteiger partial charge in [0.15, 0.2) is 5.84 Å². The Labute approximate surface area is 361 Å². The van der Waals surface area contributed by atoms with Crippen molar-refractivity contribution in [2.75, 3.05) is 0 Å². The molecule has 0 saturated heterocycles. The first-order valence-corrected chi connectivity index (χ1v) is 21.5. The van der Waals surface area contributed by atoms with Crippen LogP contribution in [0.1, 0.15) is 46.0 Å². The first-order chi connectivity index (χ1) is 30.7. The topological polar surface area (TPSA) is 41.7 Å². The average Bonchev–Trinajstić information content (AvgIpc) is 3.84. The first kappa shape index (κ1) is 36.1. The molecule has 12 rings (SSSR count). The van der Waals surface area contributed by atoms with Crippen LogP contribution in [-0.2, 0) is 5.41 Å². The predicted molar refractivity (Wildman–Crippen MR) is 256 cm³/mol. The molecule has 0 amide bonds. The van der Waals surface area contributed by atoms with E-state index in [1.54, 1.807) is 0 Å². The quantitative estimate of drug-likeness (QED) is 0.172. The molecule has 8 aromatic carbocycles. The van der Waals surface area contributed by atoms with Crippen LogP contribution >= 0.6 is 0 Å². The number of benzene rings is 8. The molecular formula is C58H42N4. The zero-order valence-electron chi connectivity index (χ0n) is 34.1. The monoisotopic (exact) mass is 794 g/mol. The smallest absolute Gasteiger partial charge is 0.159 e. The highest BCUT2D eigenvalue weighted by atomic mass is 15.2. The standard InChI is InChI=1S/C58H42N4/c1-5-18-39(19-6-1)40-32-34-42(35-33-40)56-59-55(41-20-7-2-8-21-41)60-57(61-56)43-22-17-27-46(36-43)62-53-31-16-14-29-48(53)50-37-49-47-28-13-15-30-51(47)58(52(49)38-54(50)62,44-23-9-3-10-24-44)45-25-11-4-12-26-45/h1-25,27-38,45,55H,26H2,(H,59,60,61). The number of rotatable bonds is 7. The molecular weight excluding hydrogens is 753 g/mol. The van der Waals surface area contributed by atoms with E-state index in [0.29, 0.717) is 5.84 Å². The second kappa shape index (κ2) is 14.7. The Morgan fingerprint density at radius 3 is 2.02 bits per heavy atom. The largest absolute Gasteiger partial charge is 0.344 e. The van der Waals surface area contributed by atoms with Crippen LogP contribution in [0.4, 0.5) is 0 Å². The zero-order valence-corrected chi connectivity index (χ0v) is 34.1. The van der Waals surface area contributed by atoms with Gasteiger partial charge in [0.05, 0.1) is 16.4 Å². The molecule has 1 aromatic heterocycles. The Bertz CT molecular complexity index is 3280. The van der Waals surface area contributed by atoms with Crippen molar-refractivity contribution in [3.05, 3.63) is 258 Å². The van der Waals surface area contributed by atoms with Gasteiger partial charge in [0.1, 0.15) is 12.0 Å². The molecule has 2 heterocycles. The fourth-order valence-electron chi connectivity index (χ4n) is 10.3. The molecule has 0 radical (unpaired) electrons. The van der Waals surface area contributed by atoms with Crippen molar-refractivity contribution in [3.63, 3.8) is 0 Å². The van der Waals surface area contributed by atoms with Gasteiger partial charge in [-0.25, -0.2) is 9.98 Å². The Hall–Kier alpha value is -7.82. The normalized spacial score (nSPS) is 18.8. The number of hydrogen-bond donors (Lipinski definition) is 1. The van der Waals surface area contributed by atoms with E-state index in [1.165, 1.54) is 60.8 Å². The van der Waals surface area contributed by atoms with Crippen molar-refractivity contribution < 1.29 is 0 Å². The lowest BCUT2D eigenvalue weighted by Crippen LogP contribution is -2.35. The van der Waals surface area contributed by atoms with Gasteiger partial charge in [-0.3, -0.25) is 0 Å². The number of aromatic nitrogens is 1. The lowest BCUT2D eigenvalue weighted by Gasteiger charge is -2.39. The summed E-state index contributed by atoms with van der Waals surface area (Å²) in [7, 11) is 0. The fraction of sp³-hybridized carbons (Fsp3) is 0.0690. The number of allylic oxidation sites excluding steroid dienone is 4. The predicted octanol–water partition coefficient (Wildman–Crippen LogP) is 13.4. The van der Waals surface area contributed by atoms with E-state index in [4.69, 9.17) is 9.98 Å². The Balaban J connectivity index is 1.04. The van der Waals surface area contributed by atoms with Crippen molar-refractivity contribution >= 4 is 33.5 Å². The number of hydrogen-bond acceptors (Lipinski definition) is 3. The van der Waals surface area contributed by atoms with E-state index in [1.807, 2.05) is 6.07 Å². The highest BCUT2D eigenvalue weighted by molar-refractivity contribution is 6.14. The number of nitrogens with one attached hydrogen (secondary N) is 1. The van der Waals surface area contributed by atoms with E-state index in [2.05, 4.69) is 228 Å². The molecule has 4 heteroatoms. The van der Waals surface area contributed by atoms with Gasteiger partial charge >= 0.3 is 0 Å². The van der Waals surface area contributed by atoms with Crippen LogP contribution in [0, 0.1) is 5.92 Å². The van der Waals surface area contributed by atoms with E-state index in [-0.39, 0.29) is 17.5 Å². The van der Waals surface area contributed by atoms with Gasteiger partial charge in [0.25, 0.3) is 0 Å². The van der Waals surface area contributed by atoms with Crippen LogP contribution in [0.2, 0.25) is 0 Å². The molecule has 1 aliphatic heterocycles. The van der Waals surface area contributed by atoms with E-state index in [0.717, 1.165) is 34.6 Å².